The highest BCUT2D eigenvalue weighted by molar-refractivity contribution is 8.00. The van der Waals surface area contributed by atoms with Crippen molar-refractivity contribution in [2.75, 3.05) is 6.54 Å². The van der Waals surface area contributed by atoms with Gasteiger partial charge in [0.2, 0.25) is 0 Å². The molecule has 1 aromatic carbocycles. The van der Waals surface area contributed by atoms with Crippen molar-refractivity contribution in [2.24, 2.45) is 0 Å². The summed E-state index contributed by atoms with van der Waals surface area (Å²) in [6.07, 6.45) is 0.796. The van der Waals surface area contributed by atoms with Gasteiger partial charge in [-0.25, -0.2) is 0 Å². The van der Waals surface area contributed by atoms with E-state index in [1.807, 2.05) is 17.5 Å². The lowest BCUT2D eigenvalue weighted by atomic mass is 10.2. The second-order valence-electron chi connectivity index (χ2n) is 4.68. The molecule has 6 heteroatoms. The van der Waals surface area contributed by atoms with E-state index in [1.165, 1.54) is 16.6 Å². The van der Waals surface area contributed by atoms with E-state index in [0.717, 1.165) is 6.42 Å². The number of carbonyl (C=O) groups is 2. The second-order valence-corrected chi connectivity index (χ2v) is 7.09. The molecule has 4 nitrogen and oxygen atoms in total. The van der Waals surface area contributed by atoms with Gasteiger partial charge in [-0.3, -0.25) is 9.59 Å². The summed E-state index contributed by atoms with van der Waals surface area (Å²) in [6, 6.07) is 11.1. The Hall–Kier alpha value is -1.79. The Balaban J connectivity index is 1.98. The number of nitrogens with one attached hydrogen (secondary N) is 1. The molecule has 22 heavy (non-hydrogen) atoms. The third-order valence-electron chi connectivity index (χ3n) is 3.02. The number of benzene rings is 1. The van der Waals surface area contributed by atoms with Gasteiger partial charge in [0.15, 0.2) is 0 Å². The predicted molar refractivity (Wildman–Crippen MR) is 89.8 cm³/mol. The summed E-state index contributed by atoms with van der Waals surface area (Å²) in [5.41, 5.74) is 0.520. The van der Waals surface area contributed by atoms with Gasteiger partial charge in [-0.2, -0.15) is 0 Å². The summed E-state index contributed by atoms with van der Waals surface area (Å²) in [6.45, 7) is 2.17. The Morgan fingerprint density at radius 1 is 1.27 bits per heavy atom. The van der Waals surface area contributed by atoms with E-state index in [1.54, 1.807) is 42.5 Å². The molecule has 1 aromatic heterocycles. The molecule has 0 saturated heterocycles. The first kappa shape index (κ1) is 16.6. The number of thioether (sulfide) groups is 1. The number of aliphatic carboxylic acids is 1. The molecule has 1 heterocycles. The van der Waals surface area contributed by atoms with Crippen LogP contribution in [0.25, 0.3) is 0 Å². The third kappa shape index (κ3) is 4.61. The molecule has 0 spiro atoms. The zero-order valence-corrected chi connectivity index (χ0v) is 13.7. The predicted octanol–water partition coefficient (Wildman–Crippen LogP) is 3.29. The summed E-state index contributed by atoms with van der Waals surface area (Å²) in [5, 5.41) is 13.3. The van der Waals surface area contributed by atoms with Crippen molar-refractivity contribution in [1.82, 2.24) is 5.32 Å². The molecule has 2 rings (SSSR count). The van der Waals surface area contributed by atoms with Gasteiger partial charge in [0, 0.05) is 16.3 Å². The number of carbonyl (C=O) groups excluding carboxylic acids is 1. The molecule has 0 aliphatic carbocycles. The normalized spacial score (nSPS) is 11.9. The minimum Gasteiger partial charge on any atom is -0.480 e. The summed E-state index contributed by atoms with van der Waals surface area (Å²) in [5.74, 6) is -1.06. The van der Waals surface area contributed by atoms with Crippen LogP contribution >= 0.6 is 23.1 Å². The van der Waals surface area contributed by atoms with E-state index in [2.05, 4.69) is 5.32 Å². The largest absolute Gasteiger partial charge is 0.480 e. The first-order valence-corrected chi connectivity index (χ1v) is 8.63. The molecule has 1 atom stereocenters. The van der Waals surface area contributed by atoms with Crippen molar-refractivity contribution >= 4 is 35.0 Å². The molecule has 0 saturated carbocycles. The third-order valence-corrected chi connectivity index (χ3v) is 5.12. The van der Waals surface area contributed by atoms with Crippen molar-refractivity contribution in [3.05, 3.63) is 52.2 Å². The Bertz CT molecular complexity index is 641. The van der Waals surface area contributed by atoms with Crippen LogP contribution in [0.4, 0.5) is 0 Å². The SMILES string of the molecule is CC(Sc1ccccc1C(=O)NCCc1cccs1)C(=O)O. The number of hydrogen-bond donors (Lipinski definition) is 2. The van der Waals surface area contributed by atoms with E-state index >= 15 is 0 Å². The number of hydrogen-bond acceptors (Lipinski definition) is 4. The average Bonchev–Trinajstić information content (AvgIpc) is 3.00. The smallest absolute Gasteiger partial charge is 0.316 e. The first-order valence-electron chi connectivity index (χ1n) is 6.87. The highest BCUT2D eigenvalue weighted by Gasteiger charge is 2.17. The van der Waals surface area contributed by atoms with Crippen molar-refractivity contribution < 1.29 is 14.7 Å². The maximum atomic E-state index is 12.3. The van der Waals surface area contributed by atoms with Crippen LogP contribution in [0.15, 0.2) is 46.7 Å². The van der Waals surface area contributed by atoms with Gasteiger partial charge in [0.25, 0.3) is 5.91 Å². The fourth-order valence-electron chi connectivity index (χ4n) is 1.85. The second kappa shape index (κ2) is 8.00. The molecule has 0 aliphatic heterocycles. The first-order chi connectivity index (χ1) is 10.6. The maximum absolute atomic E-state index is 12.3. The fourth-order valence-corrected chi connectivity index (χ4v) is 3.48. The van der Waals surface area contributed by atoms with Crippen LogP contribution in [0, 0.1) is 0 Å². The van der Waals surface area contributed by atoms with Crippen molar-refractivity contribution in [1.29, 1.82) is 0 Å². The molecule has 2 aromatic rings. The lowest BCUT2D eigenvalue weighted by Gasteiger charge is -2.11. The number of rotatable bonds is 7. The summed E-state index contributed by atoms with van der Waals surface area (Å²) >= 11 is 2.84. The Morgan fingerprint density at radius 3 is 2.73 bits per heavy atom. The highest BCUT2D eigenvalue weighted by Crippen LogP contribution is 2.27. The van der Waals surface area contributed by atoms with E-state index < -0.39 is 11.2 Å². The maximum Gasteiger partial charge on any atom is 0.316 e. The van der Waals surface area contributed by atoms with E-state index in [0.29, 0.717) is 17.0 Å². The molecular formula is C16H17NO3S2. The van der Waals surface area contributed by atoms with Gasteiger partial charge >= 0.3 is 5.97 Å². The van der Waals surface area contributed by atoms with Gasteiger partial charge in [0.1, 0.15) is 5.25 Å². The van der Waals surface area contributed by atoms with E-state index in [4.69, 9.17) is 5.11 Å². The molecule has 1 unspecified atom stereocenters. The van der Waals surface area contributed by atoms with Crippen LogP contribution in [0.1, 0.15) is 22.2 Å². The Kier molecular flexibility index (Phi) is 6.03. The summed E-state index contributed by atoms with van der Waals surface area (Å²) < 4.78 is 0. The zero-order valence-electron chi connectivity index (χ0n) is 12.1. The highest BCUT2D eigenvalue weighted by atomic mass is 32.2. The zero-order chi connectivity index (χ0) is 15.9. The number of thiophene rings is 1. The molecule has 1 amide bonds. The monoisotopic (exact) mass is 335 g/mol. The van der Waals surface area contributed by atoms with Crippen LogP contribution in [0.3, 0.4) is 0 Å². The van der Waals surface area contributed by atoms with Gasteiger partial charge < -0.3 is 10.4 Å². The minimum absolute atomic E-state index is 0.169. The topological polar surface area (TPSA) is 66.4 Å². The van der Waals surface area contributed by atoms with Crippen LogP contribution in [0.2, 0.25) is 0 Å². The molecule has 2 N–H and O–H groups in total. The van der Waals surface area contributed by atoms with Crippen LogP contribution in [-0.4, -0.2) is 28.8 Å². The number of amides is 1. The Morgan fingerprint density at radius 2 is 2.05 bits per heavy atom. The quantitative estimate of drug-likeness (QED) is 0.762. The lowest BCUT2D eigenvalue weighted by molar-refractivity contribution is -0.136. The molecule has 0 fully saturated rings. The lowest BCUT2D eigenvalue weighted by Crippen LogP contribution is -2.26. The van der Waals surface area contributed by atoms with Gasteiger partial charge in [0.05, 0.1) is 5.56 Å². The molecular weight excluding hydrogens is 318 g/mol. The van der Waals surface area contributed by atoms with Crippen molar-refractivity contribution in [3.8, 4) is 0 Å². The molecule has 0 aliphatic rings. The summed E-state index contributed by atoms with van der Waals surface area (Å²) in [7, 11) is 0. The van der Waals surface area contributed by atoms with Gasteiger partial charge in [-0.15, -0.1) is 23.1 Å². The fraction of sp³-hybridized carbons (Fsp3) is 0.250. The van der Waals surface area contributed by atoms with Gasteiger partial charge in [-0.05, 0) is 36.9 Å². The number of carboxylic acid groups (broad SMARTS) is 1. The van der Waals surface area contributed by atoms with Crippen molar-refractivity contribution in [2.45, 2.75) is 23.5 Å². The van der Waals surface area contributed by atoms with E-state index in [9.17, 15) is 9.59 Å². The summed E-state index contributed by atoms with van der Waals surface area (Å²) in [4.78, 5) is 25.2. The standard InChI is InChI=1S/C16H17NO3S2/c1-11(16(19)20)22-14-7-3-2-6-13(14)15(18)17-9-8-12-5-4-10-21-12/h2-7,10-11H,8-9H2,1H3,(H,17,18)(H,19,20). The van der Waals surface area contributed by atoms with Crippen LogP contribution in [0.5, 0.6) is 0 Å². The van der Waals surface area contributed by atoms with E-state index in [-0.39, 0.29) is 5.91 Å². The van der Waals surface area contributed by atoms with Crippen LogP contribution in [-0.2, 0) is 11.2 Å². The Labute approximate surface area is 137 Å². The van der Waals surface area contributed by atoms with Crippen molar-refractivity contribution in [3.63, 3.8) is 0 Å². The molecule has 0 bridgehead atoms. The van der Waals surface area contributed by atoms with Gasteiger partial charge in [-0.1, -0.05) is 18.2 Å². The molecule has 116 valence electrons. The average molecular weight is 335 g/mol. The van der Waals surface area contributed by atoms with Crippen LogP contribution < -0.4 is 5.32 Å². The minimum atomic E-state index is -0.891. The molecule has 0 radical (unpaired) electrons. The number of carboxylic acids is 1.